The van der Waals surface area contributed by atoms with Crippen molar-refractivity contribution in [3.8, 4) is 5.75 Å². The Hall–Kier alpha value is -4.13. The Balaban J connectivity index is 1.36. The molecular formula is C44H56N4O8. The molecule has 3 saturated heterocycles. The van der Waals surface area contributed by atoms with Crippen LogP contribution in [0, 0.1) is 11.3 Å². The summed E-state index contributed by atoms with van der Waals surface area (Å²) in [7, 11) is 6.28. The van der Waals surface area contributed by atoms with E-state index in [1.54, 1.807) is 7.11 Å². The number of amides is 1. The molecule has 3 N–H and O–H groups in total. The zero-order valence-electron chi connectivity index (χ0n) is 33.6. The van der Waals surface area contributed by atoms with Crippen molar-refractivity contribution >= 4 is 34.4 Å². The van der Waals surface area contributed by atoms with E-state index in [4.69, 9.17) is 14.2 Å². The minimum absolute atomic E-state index is 0.0820. The number of fused-ring (bicyclic) bond motifs is 6. The van der Waals surface area contributed by atoms with Crippen LogP contribution in [-0.4, -0.2) is 121 Å². The molecule has 9 rings (SSSR count). The third-order valence-corrected chi connectivity index (χ3v) is 15.6. The number of benzene rings is 2. The molecule has 300 valence electrons. The minimum Gasteiger partial charge on any atom is -0.496 e. The predicted octanol–water partition coefficient (Wildman–Crippen LogP) is 4.20. The molecule has 0 radical (unpaired) electrons. The van der Waals surface area contributed by atoms with Gasteiger partial charge in [0.25, 0.3) is 0 Å². The molecule has 1 amide bonds. The van der Waals surface area contributed by atoms with Crippen LogP contribution in [0.2, 0.25) is 0 Å². The number of piperidine rings is 2. The predicted molar refractivity (Wildman–Crippen MR) is 210 cm³/mol. The number of methoxy groups -OCH3 is 3. The first-order valence-electron chi connectivity index (χ1n) is 20.5. The fraction of sp³-hybridized carbons (Fsp3) is 0.614. The number of H-pyrrole nitrogens is 1. The summed E-state index contributed by atoms with van der Waals surface area (Å²) in [5.74, 6) is -0.608. The second-order valence-electron chi connectivity index (χ2n) is 17.9. The molecular weight excluding hydrogens is 713 g/mol. The molecule has 9 atom stereocenters. The highest BCUT2D eigenvalue weighted by Gasteiger charge is 2.77. The maximum Gasteiger partial charge on any atom is 0.340 e. The molecule has 2 bridgehead atoms. The molecule has 6 aliphatic rings. The first-order valence-corrected chi connectivity index (χ1v) is 20.5. The van der Waals surface area contributed by atoms with E-state index in [1.165, 1.54) is 14.2 Å². The number of carbonyl (C=O) groups is 3. The smallest absolute Gasteiger partial charge is 0.340 e. The Labute approximate surface area is 328 Å². The Morgan fingerprint density at radius 2 is 1.70 bits per heavy atom. The second-order valence-corrected chi connectivity index (χ2v) is 17.9. The number of rotatable bonds is 6. The molecule has 56 heavy (non-hydrogen) atoms. The first kappa shape index (κ1) is 37.4. The number of anilines is 1. The normalized spacial score (nSPS) is 37.1. The molecule has 4 fully saturated rings. The summed E-state index contributed by atoms with van der Waals surface area (Å²) < 4.78 is 17.7. The van der Waals surface area contributed by atoms with Crippen LogP contribution in [0.3, 0.4) is 0 Å². The van der Waals surface area contributed by atoms with Crippen LogP contribution in [0.1, 0.15) is 87.6 Å². The van der Waals surface area contributed by atoms with Crippen LogP contribution in [0.25, 0.3) is 10.9 Å². The summed E-state index contributed by atoms with van der Waals surface area (Å²) in [4.78, 5) is 53.2. The van der Waals surface area contributed by atoms with Crippen molar-refractivity contribution in [2.75, 3.05) is 59.5 Å². The van der Waals surface area contributed by atoms with Crippen molar-refractivity contribution in [1.82, 2.24) is 14.8 Å². The standard InChI is InChI=1S/C44H56N4O8/c1-7-40-15-13-34(49)48-18-16-42(36(40)48)29-19-30(33(54-4)20-32(29)46(3)37(42)44(53,24-40)39(51)56-6)43(38(50)55-5)22-26-21-41(52,8-2)25-47(23-26)17-14-28-27-11-9-10-12-31(27)45-35(28)43/h9-12,19-20,26,36-37,45,52-53H,7-8,13-18,21-25H2,1-6H3/t26-,36-,37+,40-,41-,42+,43-,44+/m0/s1. The van der Waals surface area contributed by atoms with Crippen LogP contribution in [-0.2, 0) is 41.1 Å². The van der Waals surface area contributed by atoms with Gasteiger partial charge in [0.15, 0.2) is 5.60 Å². The van der Waals surface area contributed by atoms with Crippen molar-refractivity contribution in [3.05, 3.63) is 58.8 Å². The number of hydrogen-bond acceptors (Lipinski definition) is 10. The second kappa shape index (κ2) is 12.7. The molecule has 6 heterocycles. The maximum atomic E-state index is 15.2. The number of nitrogens with one attached hydrogen (secondary N) is 1. The number of aliphatic hydroxyl groups is 2. The van der Waals surface area contributed by atoms with Gasteiger partial charge in [0.1, 0.15) is 11.2 Å². The van der Waals surface area contributed by atoms with Gasteiger partial charge in [-0.3, -0.25) is 14.5 Å². The number of likely N-dealkylation sites (N-methyl/N-ethyl adjacent to an activating group) is 1. The number of carbonyl (C=O) groups excluding carboxylic acids is 3. The molecule has 5 aliphatic heterocycles. The highest BCUT2D eigenvalue weighted by molar-refractivity contribution is 5.95. The molecule has 1 unspecified atom stereocenters. The van der Waals surface area contributed by atoms with Gasteiger partial charge in [0.05, 0.1) is 33.0 Å². The zero-order chi connectivity index (χ0) is 39.6. The van der Waals surface area contributed by atoms with E-state index in [-0.39, 0.29) is 24.3 Å². The maximum absolute atomic E-state index is 15.2. The van der Waals surface area contributed by atoms with Gasteiger partial charge in [-0.05, 0) is 86.0 Å². The Morgan fingerprint density at radius 1 is 0.929 bits per heavy atom. The lowest BCUT2D eigenvalue weighted by Crippen LogP contribution is -2.75. The highest BCUT2D eigenvalue weighted by atomic mass is 16.5. The zero-order valence-corrected chi connectivity index (χ0v) is 33.6. The average molecular weight is 769 g/mol. The summed E-state index contributed by atoms with van der Waals surface area (Å²) in [5, 5.41) is 25.9. The number of ether oxygens (including phenoxy) is 3. The van der Waals surface area contributed by atoms with E-state index in [9.17, 15) is 19.8 Å². The molecule has 1 spiro atoms. The van der Waals surface area contributed by atoms with Crippen LogP contribution in [0.4, 0.5) is 5.69 Å². The summed E-state index contributed by atoms with van der Waals surface area (Å²) in [6, 6.07) is 11.2. The van der Waals surface area contributed by atoms with Crippen LogP contribution >= 0.6 is 0 Å². The van der Waals surface area contributed by atoms with Crippen molar-refractivity contribution < 1.29 is 38.8 Å². The number of nitrogens with zero attached hydrogens (tertiary/aromatic N) is 3. The van der Waals surface area contributed by atoms with Gasteiger partial charge in [0.2, 0.25) is 5.91 Å². The van der Waals surface area contributed by atoms with Gasteiger partial charge >= 0.3 is 11.9 Å². The lowest BCUT2D eigenvalue weighted by Gasteiger charge is -2.62. The van der Waals surface area contributed by atoms with Crippen molar-refractivity contribution in [2.24, 2.45) is 11.3 Å². The van der Waals surface area contributed by atoms with Crippen molar-refractivity contribution in [3.63, 3.8) is 0 Å². The third-order valence-electron chi connectivity index (χ3n) is 15.6. The van der Waals surface area contributed by atoms with Gasteiger partial charge in [-0.15, -0.1) is 0 Å². The number of esters is 2. The van der Waals surface area contributed by atoms with Crippen molar-refractivity contribution in [1.29, 1.82) is 0 Å². The fourth-order valence-corrected chi connectivity index (χ4v) is 13.4. The van der Waals surface area contributed by atoms with Gasteiger partial charge in [-0.25, -0.2) is 4.79 Å². The summed E-state index contributed by atoms with van der Waals surface area (Å²) in [6.07, 6.45) is 4.41. The highest BCUT2D eigenvalue weighted by Crippen LogP contribution is 2.68. The van der Waals surface area contributed by atoms with E-state index < -0.39 is 45.4 Å². The molecule has 1 aliphatic carbocycles. The van der Waals surface area contributed by atoms with Gasteiger partial charge < -0.3 is 39.2 Å². The lowest BCUT2D eigenvalue weighted by molar-refractivity contribution is -0.190. The molecule has 3 aromatic rings. The molecule has 2 aromatic carbocycles. The molecule has 12 nitrogen and oxygen atoms in total. The molecule has 12 heteroatoms. The van der Waals surface area contributed by atoms with Crippen LogP contribution in [0.15, 0.2) is 36.4 Å². The third kappa shape index (κ3) is 4.72. The van der Waals surface area contributed by atoms with Crippen LogP contribution < -0.4 is 9.64 Å². The van der Waals surface area contributed by atoms with E-state index in [0.29, 0.717) is 75.8 Å². The Bertz CT molecular complexity index is 2140. The quantitative estimate of drug-likeness (QED) is 0.312. The molecule has 1 aromatic heterocycles. The molecule has 1 saturated carbocycles. The number of aromatic nitrogens is 1. The largest absolute Gasteiger partial charge is 0.496 e. The Morgan fingerprint density at radius 3 is 2.41 bits per heavy atom. The fourth-order valence-electron chi connectivity index (χ4n) is 13.4. The SMILES string of the molecule is CC[C@]1(O)C[C@@H]2CN(CCc3c([nH]c4ccccc34)[C@@](C(=O)OC)(c3cc4c(cc3OC)N(C)[C@@H]3[C@]45CCN4C(=O)CC[C@@](CC)(C[C@]3(O)C(=O)OC)[C@H]45)C2)C1. The van der Waals surface area contributed by atoms with Crippen molar-refractivity contribution in [2.45, 2.75) is 106 Å². The number of hydrogen-bond donors (Lipinski definition) is 3. The van der Waals surface area contributed by atoms with Gasteiger partial charge in [-0.2, -0.15) is 0 Å². The summed E-state index contributed by atoms with van der Waals surface area (Å²) >= 11 is 0. The number of aromatic amines is 1. The van der Waals surface area contributed by atoms with Gasteiger partial charge in [0, 0.05) is 85.0 Å². The monoisotopic (exact) mass is 768 g/mol. The van der Waals surface area contributed by atoms with E-state index in [0.717, 1.165) is 46.5 Å². The minimum atomic E-state index is -1.88. The summed E-state index contributed by atoms with van der Waals surface area (Å²) in [5.41, 5.74) is -0.594. The first-order chi connectivity index (χ1) is 26.8. The summed E-state index contributed by atoms with van der Waals surface area (Å²) in [6.45, 7) is 6.63. The lowest BCUT2D eigenvalue weighted by atomic mass is 9.48. The average Bonchev–Trinajstić information content (AvgIpc) is 3.87. The Kier molecular flexibility index (Phi) is 8.48. The topological polar surface area (TPSA) is 145 Å². The van der Waals surface area contributed by atoms with E-state index >= 15 is 4.79 Å². The van der Waals surface area contributed by atoms with E-state index in [1.807, 2.05) is 48.0 Å². The number of para-hydroxylation sites is 1. The van der Waals surface area contributed by atoms with Gasteiger partial charge in [-0.1, -0.05) is 32.0 Å². The van der Waals surface area contributed by atoms with Crippen LogP contribution in [0.5, 0.6) is 5.75 Å². The van der Waals surface area contributed by atoms with E-state index in [2.05, 4.69) is 28.9 Å².